The number of allylic oxidation sites excluding steroid dienone is 1. The zero-order valence-corrected chi connectivity index (χ0v) is 17.4. The van der Waals surface area contributed by atoms with Gasteiger partial charge in [-0.25, -0.2) is 6.57 Å². The number of carbonyl (C=O) groups excluding carboxylic acids is 1. The summed E-state index contributed by atoms with van der Waals surface area (Å²) in [6.07, 6.45) is 2.03. The Morgan fingerprint density at radius 2 is 1.93 bits per heavy atom. The van der Waals surface area contributed by atoms with Gasteiger partial charge in [0.1, 0.15) is 6.61 Å². The van der Waals surface area contributed by atoms with Crippen LogP contribution in [0.1, 0.15) is 52.7 Å². The van der Waals surface area contributed by atoms with Gasteiger partial charge in [0.05, 0.1) is 7.11 Å². The van der Waals surface area contributed by atoms with E-state index in [1.54, 1.807) is 7.11 Å². The summed E-state index contributed by atoms with van der Waals surface area (Å²) in [6, 6.07) is 3.02. The van der Waals surface area contributed by atoms with E-state index in [4.69, 9.17) is 16.0 Å². The maximum Gasteiger partial charge on any atom is 0.306 e. The second kappa shape index (κ2) is 7.23. The minimum atomic E-state index is -0.826. The molecule has 27 heavy (non-hydrogen) atoms. The van der Waals surface area contributed by atoms with Crippen molar-refractivity contribution in [2.75, 3.05) is 13.7 Å². The highest BCUT2D eigenvalue weighted by Crippen LogP contribution is 2.47. The Hall–Kier alpha value is -2.54. The predicted molar refractivity (Wildman–Crippen MR) is 109 cm³/mol. The van der Waals surface area contributed by atoms with Crippen LogP contribution in [0.4, 0.5) is 0 Å². The largest absolute Gasteiger partial charge is 0.493 e. The van der Waals surface area contributed by atoms with Gasteiger partial charge in [-0.1, -0.05) is 47.3 Å². The molecule has 1 aliphatic carbocycles. The van der Waals surface area contributed by atoms with E-state index >= 15 is 0 Å². The Morgan fingerprint density at radius 1 is 1.30 bits per heavy atom. The second-order valence-electron chi connectivity index (χ2n) is 8.76. The summed E-state index contributed by atoms with van der Waals surface area (Å²) < 4.78 is 11.4. The van der Waals surface area contributed by atoms with E-state index in [2.05, 4.69) is 25.3 Å². The Balaban J connectivity index is 2.60. The highest BCUT2D eigenvalue weighted by Gasteiger charge is 2.43. The first kappa shape index (κ1) is 20.8. The lowest BCUT2D eigenvalue weighted by molar-refractivity contribution is -0.125. The van der Waals surface area contributed by atoms with Crippen LogP contribution in [0.15, 0.2) is 30.4 Å². The molecule has 0 fully saturated rings. The minimum Gasteiger partial charge on any atom is -0.493 e. The molecule has 0 spiro atoms. The lowest BCUT2D eigenvalue weighted by Gasteiger charge is -2.21. The van der Waals surface area contributed by atoms with Crippen molar-refractivity contribution in [1.82, 2.24) is 0 Å². The van der Waals surface area contributed by atoms with Crippen molar-refractivity contribution in [1.29, 1.82) is 0 Å². The van der Waals surface area contributed by atoms with Crippen molar-refractivity contribution in [2.24, 2.45) is 5.41 Å². The quantitative estimate of drug-likeness (QED) is 0.511. The summed E-state index contributed by atoms with van der Waals surface area (Å²) in [4.78, 5) is 16.6. The van der Waals surface area contributed by atoms with Crippen LogP contribution in [0.5, 0.6) is 11.5 Å². The van der Waals surface area contributed by atoms with Crippen LogP contribution >= 0.6 is 0 Å². The zero-order valence-electron chi connectivity index (χ0n) is 17.4. The average Bonchev–Trinajstić information content (AvgIpc) is 2.82. The average molecular weight is 367 g/mol. The van der Waals surface area contributed by atoms with Gasteiger partial charge in [-0.3, -0.25) is 9.64 Å². The van der Waals surface area contributed by atoms with Crippen molar-refractivity contribution in [2.45, 2.75) is 53.0 Å². The second-order valence-corrected chi connectivity index (χ2v) is 8.76. The first-order valence-corrected chi connectivity index (χ1v) is 9.06. The van der Waals surface area contributed by atoms with Crippen molar-refractivity contribution < 1.29 is 14.3 Å². The molecule has 4 nitrogen and oxygen atoms in total. The normalized spacial score (nSPS) is 16.0. The number of rotatable bonds is 6. The standard InChI is InChI=1S/C23H29NO3/c1-14(2)13-27-19-10-15-16(20(24-8)21(25)22(3,4)5)12-23(6,7)17(15)11-18(19)26-9/h10-12,20H,1,13H2,2-7,9H3. The Morgan fingerprint density at radius 3 is 2.41 bits per heavy atom. The van der Waals surface area contributed by atoms with E-state index in [9.17, 15) is 4.79 Å². The first-order chi connectivity index (χ1) is 12.4. The third-order valence-electron chi connectivity index (χ3n) is 4.71. The SMILES string of the molecule is [C-]#[N+]C(C(=O)C(C)(C)C)C1=CC(C)(C)c2cc(OC)c(OCC(=C)C)cc21. The van der Waals surface area contributed by atoms with Crippen molar-refractivity contribution in [3.8, 4) is 11.5 Å². The van der Waals surface area contributed by atoms with Crippen LogP contribution in [0, 0.1) is 12.0 Å². The van der Waals surface area contributed by atoms with Crippen molar-refractivity contribution in [3.63, 3.8) is 0 Å². The molecule has 0 radical (unpaired) electrons. The van der Waals surface area contributed by atoms with Crippen molar-refractivity contribution >= 4 is 11.4 Å². The Labute approximate surface area is 162 Å². The zero-order chi connectivity index (χ0) is 20.6. The van der Waals surface area contributed by atoms with Crippen molar-refractivity contribution in [3.05, 3.63) is 52.9 Å². The monoisotopic (exact) mass is 367 g/mol. The molecule has 1 aromatic rings. The molecule has 0 N–H and O–H groups in total. The number of ketones is 1. The summed E-state index contributed by atoms with van der Waals surface area (Å²) in [5.74, 6) is 1.15. The molecule has 0 aliphatic heterocycles. The lowest BCUT2D eigenvalue weighted by atomic mass is 9.83. The molecule has 0 aromatic heterocycles. The van der Waals surface area contributed by atoms with Crippen LogP contribution in [0.3, 0.4) is 0 Å². The van der Waals surface area contributed by atoms with Crippen LogP contribution in [-0.2, 0) is 10.2 Å². The Bertz CT molecular complexity index is 848. The summed E-state index contributed by atoms with van der Waals surface area (Å²) in [7, 11) is 1.61. The number of benzene rings is 1. The van der Waals surface area contributed by atoms with E-state index in [0.717, 1.165) is 22.3 Å². The van der Waals surface area contributed by atoms with Gasteiger partial charge in [0, 0.05) is 16.4 Å². The summed E-state index contributed by atoms with van der Waals surface area (Å²) in [5.41, 5.74) is 2.69. The van der Waals surface area contributed by atoms with Gasteiger partial charge in [-0.05, 0) is 35.8 Å². The summed E-state index contributed by atoms with van der Waals surface area (Å²) in [6.45, 7) is 23.5. The number of carbonyl (C=O) groups is 1. The molecule has 1 atom stereocenters. The number of hydrogen-bond acceptors (Lipinski definition) is 3. The summed E-state index contributed by atoms with van der Waals surface area (Å²) in [5, 5.41) is 0. The number of fused-ring (bicyclic) bond motifs is 1. The number of ether oxygens (including phenoxy) is 2. The van der Waals surface area contributed by atoms with E-state index in [1.165, 1.54) is 0 Å². The van der Waals surface area contributed by atoms with Gasteiger partial charge in [-0.15, -0.1) is 0 Å². The molecule has 0 saturated carbocycles. The third-order valence-corrected chi connectivity index (χ3v) is 4.71. The van der Waals surface area contributed by atoms with Crippen LogP contribution in [0.25, 0.3) is 10.4 Å². The van der Waals surface area contributed by atoms with E-state index < -0.39 is 11.5 Å². The molecule has 0 bridgehead atoms. The van der Waals surface area contributed by atoms with Gasteiger partial charge in [0.25, 0.3) is 0 Å². The number of methoxy groups -OCH3 is 1. The molecule has 0 saturated heterocycles. The van der Waals surface area contributed by atoms with Gasteiger partial charge in [0.2, 0.25) is 5.78 Å². The molecule has 144 valence electrons. The fourth-order valence-electron chi connectivity index (χ4n) is 3.26. The molecule has 1 unspecified atom stereocenters. The maximum absolute atomic E-state index is 12.9. The van der Waals surface area contributed by atoms with E-state index in [-0.39, 0.29) is 11.2 Å². The van der Waals surface area contributed by atoms with Gasteiger partial charge in [0.15, 0.2) is 11.5 Å². The van der Waals surface area contributed by atoms with E-state index in [0.29, 0.717) is 18.1 Å². The molecule has 1 aliphatic rings. The molecule has 1 aromatic carbocycles. The third kappa shape index (κ3) is 4.08. The molecule has 2 rings (SSSR count). The highest BCUT2D eigenvalue weighted by molar-refractivity contribution is 6.03. The van der Waals surface area contributed by atoms with Crippen LogP contribution in [0.2, 0.25) is 0 Å². The topological polar surface area (TPSA) is 39.9 Å². The predicted octanol–water partition coefficient (Wildman–Crippen LogP) is 5.23. The number of Topliss-reactive ketones (excluding diaryl/α,β-unsaturated/α-hetero) is 1. The van der Waals surface area contributed by atoms with E-state index in [1.807, 2.05) is 45.9 Å². The molecular weight excluding hydrogens is 338 g/mol. The fraction of sp³-hybridized carbons (Fsp3) is 0.478. The number of hydrogen-bond donors (Lipinski definition) is 0. The lowest BCUT2D eigenvalue weighted by Crippen LogP contribution is -2.31. The summed E-state index contributed by atoms with van der Waals surface area (Å²) >= 11 is 0. The molecule has 0 amide bonds. The van der Waals surface area contributed by atoms with Gasteiger partial charge < -0.3 is 9.47 Å². The smallest absolute Gasteiger partial charge is 0.306 e. The van der Waals surface area contributed by atoms with Gasteiger partial charge >= 0.3 is 6.04 Å². The first-order valence-electron chi connectivity index (χ1n) is 9.06. The Kier molecular flexibility index (Phi) is 5.56. The van der Waals surface area contributed by atoms with Crippen LogP contribution in [-0.4, -0.2) is 25.5 Å². The maximum atomic E-state index is 12.9. The molecular formula is C23H29NO3. The minimum absolute atomic E-state index is 0.0763. The highest BCUT2D eigenvalue weighted by atomic mass is 16.5. The van der Waals surface area contributed by atoms with Crippen LogP contribution < -0.4 is 9.47 Å². The number of nitrogens with zero attached hydrogens (tertiary/aromatic N) is 1. The van der Waals surface area contributed by atoms with Gasteiger partial charge in [-0.2, -0.15) is 0 Å². The fourth-order valence-corrected chi connectivity index (χ4v) is 3.26. The molecule has 0 heterocycles. The molecule has 4 heteroatoms.